The van der Waals surface area contributed by atoms with E-state index in [-0.39, 0.29) is 18.4 Å². The molecule has 5 nitrogen and oxygen atoms in total. The lowest BCUT2D eigenvalue weighted by Gasteiger charge is -2.32. The van der Waals surface area contributed by atoms with E-state index in [0.29, 0.717) is 6.42 Å². The van der Waals surface area contributed by atoms with Crippen molar-refractivity contribution in [1.82, 2.24) is 0 Å². The van der Waals surface area contributed by atoms with Crippen molar-refractivity contribution >= 4 is 11.6 Å². The van der Waals surface area contributed by atoms with Gasteiger partial charge in [0.25, 0.3) is 0 Å². The molecule has 0 saturated carbocycles. The van der Waals surface area contributed by atoms with Crippen LogP contribution in [0.4, 0.5) is 0 Å². The van der Waals surface area contributed by atoms with E-state index in [1.54, 1.807) is 39.8 Å². The van der Waals surface area contributed by atoms with Crippen molar-refractivity contribution in [2.45, 2.75) is 66.4 Å². The molecule has 2 atom stereocenters. The van der Waals surface area contributed by atoms with Gasteiger partial charge in [0.1, 0.15) is 17.1 Å². The highest BCUT2D eigenvalue weighted by Gasteiger charge is 2.49. The van der Waals surface area contributed by atoms with E-state index in [1.165, 1.54) is 0 Å². The molecule has 1 aliphatic carbocycles. The Labute approximate surface area is 155 Å². The minimum atomic E-state index is -2.24. The van der Waals surface area contributed by atoms with Crippen molar-refractivity contribution in [2.24, 2.45) is 5.92 Å². The molecule has 0 fully saturated rings. The van der Waals surface area contributed by atoms with Crippen LogP contribution in [0.5, 0.6) is 0 Å². The van der Waals surface area contributed by atoms with Gasteiger partial charge in [0, 0.05) is 17.9 Å². The molecule has 26 heavy (non-hydrogen) atoms. The normalized spacial score (nSPS) is 21.6. The van der Waals surface area contributed by atoms with Gasteiger partial charge in [0.2, 0.25) is 5.78 Å². The number of hydrogen-bond donors (Lipinski definition) is 3. The largest absolute Gasteiger partial charge is 0.508 e. The second-order valence-corrected chi connectivity index (χ2v) is 7.38. The molecule has 5 heteroatoms. The quantitative estimate of drug-likeness (QED) is 0.465. The SMILES string of the molecule is CCC(C)C(=O)C1=C(O)C(CC=C(C)C)=C(O)[C@](O)(CC=C(C)C)C1=O. The van der Waals surface area contributed by atoms with Crippen LogP contribution in [0.1, 0.15) is 60.8 Å². The summed E-state index contributed by atoms with van der Waals surface area (Å²) in [6.45, 7) is 10.8. The monoisotopic (exact) mass is 362 g/mol. The summed E-state index contributed by atoms with van der Waals surface area (Å²) in [4.78, 5) is 25.6. The van der Waals surface area contributed by atoms with E-state index >= 15 is 0 Å². The second-order valence-electron chi connectivity index (χ2n) is 7.38. The highest BCUT2D eigenvalue weighted by Crippen LogP contribution is 2.38. The maximum atomic E-state index is 12.9. The third-order valence-electron chi connectivity index (χ3n) is 4.63. The zero-order valence-corrected chi connectivity index (χ0v) is 16.5. The fourth-order valence-electron chi connectivity index (χ4n) is 2.64. The first-order chi connectivity index (χ1) is 12.0. The molecular weight excluding hydrogens is 332 g/mol. The number of aliphatic hydroxyl groups is 3. The summed E-state index contributed by atoms with van der Waals surface area (Å²) in [5.41, 5.74) is -0.843. The highest BCUT2D eigenvalue weighted by molar-refractivity contribution is 6.25. The molecule has 144 valence electrons. The Balaban J connectivity index is 3.63. The molecule has 0 aromatic heterocycles. The van der Waals surface area contributed by atoms with E-state index in [2.05, 4.69) is 0 Å². The number of aliphatic hydroxyl groups excluding tert-OH is 2. The molecule has 0 amide bonds. The number of Topliss-reactive ketones (excluding diaryl/α,β-unsaturated/α-hetero) is 2. The molecule has 0 radical (unpaired) electrons. The summed E-state index contributed by atoms with van der Waals surface area (Å²) >= 11 is 0. The second kappa shape index (κ2) is 8.49. The summed E-state index contributed by atoms with van der Waals surface area (Å²) in [7, 11) is 0. The fourth-order valence-corrected chi connectivity index (χ4v) is 2.64. The molecule has 0 aromatic rings. The van der Waals surface area contributed by atoms with Gasteiger partial charge >= 0.3 is 0 Å². The van der Waals surface area contributed by atoms with E-state index < -0.39 is 40.2 Å². The average molecular weight is 362 g/mol. The van der Waals surface area contributed by atoms with Gasteiger partial charge in [0.05, 0.1) is 0 Å². The van der Waals surface area contributed by atoms with E-state index in [1.807, 2.05) is 13.8 Å². The van der Waals surface area contributed by atoms with Gasteiger partial charge in [-0.3, -0.25) is 9.59 Å². The van der Waals surface area contributed by atoms with Crippen molar-refractivity contribution in [3.63, 3.8) is 0 Å². The van der Waals surface area contributed by atoms with Crippen LogP contribution in [0.25, 0.3) is 0 Å². The first kappa shape index (κ1) is 21.9. The number of rotatable bonds is 7. The maximum absolute atomic E-state index is 12.9. The molecule has 0 bridgehead atoms. The lowest BCUT2D eigenvalue weighted by atomic mass is 9.76. The smallest absolute Gasteiger partial charge is 0.209 e. The number of hydrogen-bond acceptors (Lipinski definition) is 5. The molecule has 1 unspecified atom stereocenters. The summed E-state index contributed by atoms with van der Waals surface area (Å²) in [6, 6.07) is 0. The summed E-state index contributed by atoms with van der Waals surface area (Å²) in [5, 5.41) is 32.1. The van der Waals surface area contributed by atoms with Crippen LogP contribution in [0.15, 0.2) is 46.0 Å². The Bertz CT molecular complexity index is 713. The third-order valence-corrected chi connectivity index (χ3v) is 4.63. The Kier molecular flexibility index (Phi) is 7.16. The molecule has 0 aliphatic heterocycles. The van der Waals surface area contributed by atoms with Crippen LogP contribution in [0.3, 0.4) is 0 Å². The topological polar surface area (TPSA) is 94.8 Å². The van der Waals surface area contributed by atoms with Crippen LogP contribution in [0, 0.1) is 5.92 Å². The molecule has 0 spiro atoms. The Morgan fingerprint density at radius 3 is 2.12 bits per heavy atom. The van der Waals surface area contributed by atoms with E-state index in [9.17, 15) is 24.9 Å². The first-order valence-electron chi connectivity index (χ1n) is 8.91. The van der Waals surface area contributed by atoms with Gasteiger partial charge in [-0.05, 0) is 40.5 Å². The van der Waals surface area contributed by atoms with Gasteiger partial charge in [-0.25, -0.2) is 0 Å². The number of carbonyl (C=O) groups excluding carboxylic acids is 2. The summed E-state index contributed by atoms with van der Waals surface area (Å²) in [5.74, 6) is -3.06. The van der Waals surface area contributed by atoms with E-state index in [0.717, 1.165) is 11.1 Å². The lowest BCUT2D eigenvalue weighted by molar-refractivity contribution is -0.135. The highest BCUT2D eigenvalue weighted by atomic mass is 16.3. The fraction of sp³-hybridized carbons (Fsp3) is 0.524. The van der Waals surface area contributed by atoms with Gasteiger partial charge in [-0.15, -0.1) is 0 Å². The van der Waals surface area contributed by atoms with Gasteiger partial charge in [-0.2, -0.15) is 0 Å². The van der Waals surface area contributed by atoms with Crippen LogP contribution in [-0.2, 0) is 9.59 Å². The third kappa shape index (κ3) is 4.33. The van der Waals surface area contributed by atoms with Crippen LogP contribution >= 0.6 is 0 Å². The maximum Gasteiger partial charge on any atom is 0.209 e. The molecule has 1 rings (SSSR count). The molecule has 1 aliphatic rings. The predicted octanol–water partition coefficient (Wildman–Crippen LogP) is 4.25. The lowest BCUT2D eigenvalue weighted by Crippen LogP contribution is -2.47. The van der Waals surface area contributed by atoms with Crippen molar-refractivity contribution in [3.05, 3.63) is 46.0 Å². The van der Waals surface area contributed by atoms with Crippen LogP contribution in [-0.4, -0.2) is 32.5 Å². The van der Waals surface area contributed by atoms with Crippen LogP contribution < -0.4 is 0 Å². The zero-order chi connectivity index (χ0) is 20.2. The Morgan fingerprint density at radius 1 is 1.12 bits per heavy atom. The molecule has 0 aromatic carbocycles. The molecule has 3 N–H and O–H groups in total. The van der Waals surface area contributed by atoms with Crippen LogP contribution in [0.2, 0.25) is 0 Å². The van der Waals surface area contributed by atoms with Gasteiger partial charge in [-0.1, -0.05) is 37.1 Å². The number of allylic oxidation sites excluding steroid dienone is 4. The standard InChI is InChI=1S/C21H30O5/c1-7-14(6)17(22)16-18(23)15(9-8-12(2)3)19(24)21(26,20(16)25)11-10-13(4)5/h8,10,14,23-24,26H,7,9,11H2,1-6H3/t14?,21-/m1/s1. The molecule has 0 heterocycles. The number of carbonyl (C=O) groups is 2. The summed E-state index contributed by atoms with van der Waals surface area (Å²) in [6.07, 6.45) is 3.82. The first-order valence-corrected chi connectivity index (χ1v) is 8.91. The van der Waals surface area contributed by atoms with Crippen molar-refractivity contribution in [1.29, 1.82) is 0 Å². The van der Waals surface area contributed by atoms with E-state index in [4.69, 9.17) is 0 Å². The average Bonchev–Trinajstić information content (AvgIpc) is 2.57. The minimum Gasteiger partial charge on any atom is -0.508 e. The van der Waals surface area contributed by atoms with Crippen molar-refractivity contribution in [3.8, 4) is 0 Å². The van der Waals surface area contributed by atoms with Gasteiger partial charge < -0.3 is 15.3 Å². The van der Waals surface area contributed by atoms with Crippen molar-refractivity contribution in [2.75, 3.05) is 0 Å². The molecular formula is C21H30O5. The Hall–Kier alpha value is -2.14. The zero-order valence-electron chi connectivity index (χ0n) is 16.5. The predicted molar refractivity (Wildman–Crippen MR) is 102 cm³/mol. The number of ketones is 2. The van der Waals surface area contributed by atoms with Gasteiger partial charge in [0.15, 0.2) is 11.4 Å². The Morgan fingerprint density at radius 2 is 1.65 bits per heavy atom. The molecule has 0 saturated heterocycles. The minimum absolute atomic E-state index is 0.0158. The summed E-state index contributed by atoms with van der Waals surface area (Å²) < 4.78 is 0. The van der Waals surface area contributed by atoms with Crippen molar-refractivity contribution < 1.29 is 24.9 Å².